The fourth-order valence-electron chi connectivity index (χ4n) is 1.76. The fraction of sp³-hybridized carbons (Fsp3) is 0.143. The number of benzene rings is 2. The van der Waals surface area contributed by atoms with Gasteiger partial charge in [-0.1, -0.05) is 35.3 Å². The van der Waals surface area contributed by atoms with E-state index in [0.29, 0.717) is 16.6 Å². The minimum absolute atomic E-state index is 0.0623. The number of hydrogen-bond acceptors (Lipinski definition) is 3. The van der Waals surface area contributed by atoms with E-state index < -0.39 is 4.92 Å². The van der Waals surface area contributed by atoms with Crippen LogP contribution in [-0.4, -0.2) is 4.92 Å². The molecule has 0 unspecified atom stereocenters. The van der Waals surface area contributed by atoms with Gasteiger partial charge in [-0.15, -0.1) is 0 Å². The molecule has 0 saturated heterocycles. The van der Waals surface area contributed by atoms with E-state index in [0.717, 1.165) is 16.8 Å². The molecule has 1 N–H and O–H groups in total. The summed E-state index contributed by atoms with van der Waals surface area (Å²) >= 11 is 11.8. The summed E-state index contributed by atoms with van der Waals surface area (Å²) in [4.78, 5) is 10.4. The van der Waals surface area contributed by atoms with Gasteiger partial charge in [0.2, 0.25) is 0 Å². The molecule has 2 aromatic rings. The molecule has 6 heteroatoms. The van der Waals surface area contributed by atoms with E-state index in [-0.39, 0.29) is 5.69 Å². The summed E-state index contributed by atoms with van der Waals surface area (Å²) in [6.07, 6.45) is 0. The zero-order valence-corrected chi connectivity index (χ0v) is 12.2. The number of hydrogen-bond donors (Lipinski definition) is 1. The van der Waals surface area contributed by atoms with Crippen molar-refractivity contribution in [3.8, 4) is 0 Å². The first-order chi connectivity index (χ1) is 9.47. The van der Waals surface area contributed by atoms with E-state index in [2.05, 4.69) is 5.32 Å². The van der Waals surface area contributed by atoms with Gasteiger partial charge in [-0.05, 0) is 30.2 Å². The number of rotatable bonds is 4. The van der Waals surface area contributed by atoms with Gasteiger partial charge in [-0.2, -0.15) is 0 Å². The molecular weight excluding hydrogens is 299 g/mol. The molecule has 20 heavy (non-hydrogen) atoms. The van der Waals surface area contributed by atoms with Crippen molar-refractivity contribution < 1.29 is 4.92 Å². The van der Waals surface area contributed by atoms with E-state index in [4.69, 9.17) is 23.2 Å². The van der Waals surface area contributed by atoms with Crippen LogP contribution in [0.3, 0.4) is 0 Å². The minimum Gasteiger partial charge on any atom is -0.381 e. The van der Waals surface area contributed by atoms with Gasteiger partial charge in [0, 0.05) is 24.4 Å². The molecule has 104 valence electrons. The summed E-state index contributed by atoms with van der Waals surface area (Å²) in [7, 11) is 0. The van der Waals surface area contributed by atoms with Crippen LogP contribution >= 0.6 is 23.2 Å². The van der Waals surface area contributed by atoms with Crippen molar-refractivity contribution in [2.45, 2.75) is 13.5 Å². The Hall–Kier alpha value is -1.78. The van der Waals surface area contributed by atoms with Crippen molar-refractivity contribution >= 4 is 34.6 Å². The van der Waals surface area contributed by atoms with Crippen LogP contribution in [-0.2, 0) is 6.54 Å². The molecule has 0 aliphatic carbocycles. The van der Waals surface area contributed by atoms with Gasteiger partial charge in [-0.25, -0.2) is 0 Å². The molecule has 4 nitrogen and oxygen atoms in total. The lowest BCUT2D eigenvalue weighted by molar-refractivity contribution is -0.384. The van der Waals surface area contributed by atoms with Gasteiger partial charge in [0.25, 0.3) is 5.69 Å². The van der Waals surface area contributed by atoms with E-state index in [1.165, 1.54) is 12.1 Å². The molecule has 0 amide bonds. The van der Waals surface area contributed by atoms with Gasteiger partial charge < -0.3 is 5.32 Å². The normalized spacial score (nSPS) is 10.3. The second kappa shape index (κ2) is 6.11. The summed E-state index contributed by atoms with van der Waals surface area (Å²) in [5.41, 5.74) is 2.68. The summed E-state index contributed by atoms with van der Waals surface area (Å²) in [6, 6.07) is 10.1. The average Bonchev–Trinajstić information content (AvgIpc) is 2.41. The predicted octanol–water partition coefficient (Wildman–Crippen LogP) is 4.82. The molecule has 0 atom stereocenters. The van der Waals surface area contributed by atoms with Crippen LogP contribution in [0.2, 0.25) is 10.0 Å². The number of nitrogens with zero attached hydrogens (tertiary/aromatic N) is 1. The van der Waals surface area contributed by atoms with Gasteiger partial charge in [0.15, 0.2) is 0 Å². The van der Waals surface area contributed by atoms with E-state index in [9.17, 15) is 10.1 Å². The highest BCUT2D eigenvalue weighted by Gasteiger charge is 2.08. The third-order valence-corrected chi connectivity index (χ3v) is 3.64. The molecule has 0 radical (unpaired) electrons. The molecule has 0 saturated carbocycles. The quantitative estimate of drug-likeness (QED) is 0.650. The standard InChI is InChI=1S/C14H12Cl2N2O2/c1-9-2-4-11(18(19)20)7-14(9)17-8-10-3-5-12(15)13(16)6-10/h2-7,17H,8H2,1H3. The smallest absolute Gasteiger partial charge is 0.271 e. The number of non-ortho nitro benzene ring substituents is 1. The number of anilines is 1. The van der Waals surface area contributed by atoms with Crippen LogP contribution in [0.5, 0.6) is 0 Å². The van der Waals surface area contributed by atoms with Gasteiger partial charge in [0.05, 0.1) is 15.0 Å². The van der Waals surface area contributed by atoms with E-state index >= 15 is 0 Å². The van der Waals surface area contributed by atoms with Crippen LogP contribution < -0.4 is 5.32 Å². The van der Waals surface area contributed by atoms with Crippen molar-refractivity contribution in [2.24, 2.45) is 0 Å². The summed E-state index contributed by atoms with van der Waals surface area (Å²) in [6.45, 7) is 2.40. The third kappa shape index (κ3) is 3.40. The summed E-state index contributed by atoms with van der Waals surface area (Å²) in [5, 5.41) is 14.9. The fourth-order valence-corrected chi connectivity index (χ4v) is 2.08. The van der Waals surface area contributed by atoms with Crippen molar-refractivity contribution in [3.05, 3.63) is 67.7 Å². The predicted molar refractivity (Wildman–Crippen MR) is 81.6 cm³/mol. The largest absolute Gasteiger partial charge is 0.381 e. The molecule has 0 spiro atoms. The SMILES string of the molecule is Cc1ccc([N+](=O)[O-])cc1NCc1ccc(Cl)c(Cl)c1. The monoisotopic (exact) mass is 310 g/mol. The average molecular weight is 311 g/mol. The highest BCUT2D eigenvalue weighted by Crippen LogP contribution is 2.25. The highest BCUT2D eigenvalue weighted by molar-refractivity contribution is 6.42. The van der Waals surface area contributed by atoms with Crippen LogP contribution in [0.4, 0.5) is 11.4 Å². The zero-order chi connectivity index (χ0) is 14.7. The topological polar surface area (TPSA) is 55.2 Å². The molecule has 2 aromatic carbocycles. The lowest BCUT2D eigenvalue weighted by Crippen LogP contribution is -2.02. The van der Waals surface area contributed by atoms with Crippen LogP contribution in [0, 0.1) is 17.0 Å². The first-order valence-electron chi connectivity index (χ1n) is 5.90. The second-order valence-electron chi connectivity index (χ2n) is 4.36. The Balaban J connectivity index is 2.15. The van der Waals surface area contributed by atoms with Gasteiger partial charge in [0.1, 0.15) is 0 Å². The van der Waals surface area contributed by atoms with Crippen molar-refractivity contribution in [1.82, 2.24) is 0 Å². The Morgan fingerprint density at radius 2 is 1.90 bits per heavy atom. The van der Waals surface area contributed by atoms with Crippen molar-refractivity contribution in [3.63, 3.8) is 0 Å². The van der Waals surface area contributed by atoms with Crippen molar-refractivity contribution in [2.75, 3.05) is 5.32 Å². The number of nitrogens with one attached hydrogen (secondary N) is 1. The lowest BCUT2D eigenvalue weighted by Gasteiger charge is -2.10. The second-order valence-corrected chi connectivity index (χ2v) is 5.17. The molecular formula is C14H12Cl2N2O2. The first-order valence-corrected chi connectivity index (χ1v) is 6.66. The number of aryl methyl sites for hydroxylation is 1. The molecule has 0 aromatic heterocycles. The Morgan fingerprint density at radius 3 is 2.55 bits per heavy atom. The lowest BCUT2D eigenvalue weighted by atomic mass is 10.1. The molecule has 0 fully saturated rings. The Labute approximate surface area is 126 Å². The Bertz CT molecular complexity index is 660. The molecule has 0 aliphatic heterocycles. The number of halogens is 2. The van der Waals surface area contributed by atoms with Gasteiger partial charge in [-0.3, -0.25) is 10.1 Å². The minimum atomic E-state index is -0.413. The zero-order valence-electron chi connectivity index (χ0n) is 10.7. The van der Waals surface area contributed by atoms with Crippen LogP contribution in [0.15, 0.2) is 36.4 Å². The summed E-state index contributed by atoms with van der Waals surface area (Å²) < 4.78 is 0. The molecule has 2 rings (SSSR count). The number of nitro groups is 1. The summed E-state index contributed by atoms with van der Waals surface area (Å²) in [5.74, 6) is 0. The van der Waals surface area contributed by atoms with Gasteiger partial charge >= 0.3 is 0 Å². The van der Waals surface area contributed by atoms with E-state index in [1.807, 2.05) is 13.0 Å². The first kappa shape index (κ1) is 14.6. The molecule has 0 heterocycles. The van der Waals surface area contributed by atoms with Crippen LogP contribution in [0.25, 0.3) is 0 Å². The highest BCUT2D eigenvalue weighted by atomic mass is 35.5. The van der Waals surface area contributed by atoms with E-state index in [1.54, 1.807) is 18.2 Å². The van der Waals surface area contributed by atoms with Crippen molar-refractivity contribution in [1.29, 1.82) is 0 Å². The maximum Gasteiger partial charge on any atom is 0.271 e. The maximum atomic E-state index is 10.8. The Kier molecular flexibility index (Phi) is 4.47. The number of nitro benzene ring substituents is 1. The molecule has 0 bridgehead atoms. The van der Waals surface area contributed by atoms with Crippen LogP contribution in [0.1, 0.15) is 11.1 Å². The maximum absolute atomic E-state index is 10.8. The molecule has 0 aliphatic rings. The third-order valence-electron chi connectivity index (χ3n) is 2.90. The Morgan fingerprint density at radius 1 is 1.15 bits per heavy atom.